The van der Waals surface area contributed by atoms with Crippen molar-refractivity contribution in [3.05, 3.63) is 65.2 Å². The number of hydrogen-bond acceptors (Lipinski definition) is 4. The number of nitrogens with zero attached hydrogens (tertiary/aromatic N) is 2. The summed E-state index contributed by atoms with van der Waals surface area (Å²) in [5.74, 6) is -0.944. The minimum Gasteiger partial charge on any atom is -0.452 e. The van der Waals surface area contributed by atoms with Crippen LogP contribution >= 0.6 is 0 Å². The third-order valence-electron chi connectivity index (χ3n) is 4.51. The number of benzene rings is 2. The van der Waals surface area contributed by atoms with E-state index in [0.717, 1.165) is 19.3 Å². The van der Waals surface area contributed by atoms with E-state index in [9.17, 15) is 9.59 Å². The summed E-state index contributed by atoms with van der Waals surface area (Å²) in [6, 6.07) is 16.4. The highest BCUT2D eigenvalue weighted by molar-refractivity contribution is 5.97. The van der Waals surface area contributed by atoms with Crippen LogP contribution in [0.2, 0.25) is 0 Å². The SMILES string of the molecule is N#CCN(C(=O)COC(=O)c1ccc2c(c1)CCCC2)c1ccccc1. The van der Waals surface area contributed by atoms with Gasteiger partial charge in [0.15, 0.2) is 6.61 Å². The van der Waals surface area contributed by atoms with Gasteiger partial charge in [-0.1, -0.05) is 24.3 Å². The summed E-state index contributed by atoms with van der Waals surface area (Å²) in [6.45, 7) is -0.494. The molecule has 0 N–H and O–H groups in total. The molecule has 2 aromatic rings. The van der Waals surface area contributed by atoms with Crippen LogP contribution in [0.5, 0.6) is 0 Å². The predicted octanol–water partition coefficient (Wildman–Crippen LogP) is 3.28. The lowest BCUT2D eigenvalue weighted by Gasteiger charge is -2.19. The number of rotatable bonds is 5. The minimum absolute atomic E-state index is 0.0980. The molecule has 0 aliphatic heterocycles. The summed E-state index contributed by atoms with van der Waals surface area (Å²) in [5, 5.41) is 8.96. The van der Waals surface area contributed by atoms with Gasteiger partial charge in [-0.2, -0.15) is 5.26 Å². The predicted molar refractivity (Wildman–Crippen MR) is 97.8 cm³/mol. The Bertz CT molecular complexity index is 840. The Hall–Kier alpha value is -3.13. The van der Waals surface area contributed by atoms with Gasteiger partial charge < -0.3 is 4.74 Å². The highest BCUT2D eigenvalue weighted by Gasteiger charge is 2.19. The molecule has 0 atom stereocenters. The van der Waals surface area contributed by atoms with E-state index >= 15 is 0 Å². The van der Waals surface area contributed by atoms with Crippen molar-refractivity contribution in [1.29, 1.82) is 5.26 Å². The third kappa shape index (κ3) is 4.09. The van der Waals surface area contributed by atoms with E-state index in [1.54, 1.807) is 30.3 Å². The Morgan fingerprint density at radius 1 is 1.04 bits per heavy atom. The molecular formula is C21H20N2O3. The summed E-state index contributed by atoms with van der Waals surface area (Å²) in [5.41, 5.74) is 3.54. The van der Waals surface area contributed by atoms with Crippen molar-refractivity contribution in [2.75, 3.05) is 18.1 Å². The van der Waals surface area contributed by atoms with E-state index in [0.29, 0.717) is 11.3 Å². The van der Waals surface area contributed by atoms with Gasteiger partial charge in [0.05, 0.1) is 11.6 Å². The molecule has 5 nitrogen and oxygen atoms in total. The van der Waals surface area contributed by atoms with E-state index in [1.165, 1.54) is 22.4 Å². The molecule has 0 radical (unpaired) electrons. The van der Waals surface area contributed by atoms with Crippen molar-refractivity contribution in [2.45, 2.75) is 25.7 Å². The minimum atomic E-state index is -0.517. The summed E-state index contributed by atoms with van der Waals surface area (Å²) in [4.78, 5) is 26.0. The van der Waals surface area contributed by atoms with Gasteiger partial charge in [0.1, 0.15) is 6.54 Å². The summed E-state index contributed by atoms with van der Waals surface area (Å²) in [6.07, 6.45) is 4.33. The molecule has 0 fully saturated rings. The molecule has 0 unspecified atom stereocenters. The van der Waals surface area contributed by atoms with Crippen LogP contribution in [0.3, 0.4) is 0 Å². The fourth-order valence-corrected chi connectivity index (χ4v) is 3.15. The first kappa shape index (κ1) is 17.7. The molecule has 0 aromatic heterocycles. The first-order valence-corrected chi connectivity index (χ1v) is 8.70. The van der Waals surface area contributed by atoms with Crippen LogP contribution < -0.4 is 4.90 Å². The van der Waals surface area contributed by atoms with Gasteiger partial charge in [-0.3, -0.25) is 9.69 Å². The number of ether oxygens (including phenoxy) is 1. The van der Waals surface area contributed by atoms with Crippen molar-refractivity contribution in [2.24, 2.45) is 0 Å². The fraction of sp³-hybridized carbons (Fsp3) is 0.286. The second kappa shape index (κ2) is 8.30. The summed E-state index contributed by atoms with van der Waals surface area (Å²) in [7, 11) is 0. The van der Waals surface area contributed by atoms with Crippen LogP contribution in [0.15, 0.2) is 48.5 Å². The first-order chi connectivity index (χ1) is 12.7. The Kier molecular flexibility index (Phi) is 5.65. The number of carbonyl (C=O) groups excluding carboxylic acids is 2. The zero-order valence-electron chi connectivity index (χ0n) is 14.5. The molecule has 3 rings (SSSR count). The zero-order chi connectivity index (χ0) is 18.4. The van der Waals surface area contributed by atoms with Crippen LogP contribution in [0, 0.1) is 11.3 Å². The van der Waals surface area contributed by atoms with Crippen molar-refractivity contribution in [3.63, 3.8) is 0 Å². The molecule has 1 amide bonds. The first-order valence-electron chi connectivity index (χ1n) is 8.70. The molecule has 0 saturated heterocycles. The smallest absolute Gasteiger partial charge is 0.338 e. The fourth-order valence-electron chi connectivity index (χ4n) is 3.15. The van der Waals surface area contributed by atoms with E-state index in [1.807, 2.05) is 24.3 Å². The van der Waals surface area contributed by atoms with Crippen molar-refractivity contribution < 1.29 is 14.3 Å². The standard InChI is InChI=1S/C21H20N2O3/c22-12-13-23(19-8-2-1-3-9-19)20(24)15-26-21(25)18-11-10-16-6-4-5-7-17(16)14-18/h1-3,8-11,14H,4-7,13,15H2. The number of esters is 1. The molecule has 26 heavy (non-hydrogen) atoms. The molecule has 5 heteroatoms. The van der Waals surface area contributed by atoms with Crippen LogP contribution in [-0.2, 0) is 22.4 Å². The Morgan fingerprint density at radius 3 is 2.50 bits per heavy atom. The lowest BCUT2D eigenvalue weighted by Crippen LogP contribution is -2.35. The second-order valence-electron chi connectivity index (χ2n) is 6.24. The highest BCUT2D eigenvalue weighted by Crippen LogP contribution is 2.22. The van der Waals surface area contributed by atoms with Gasteiger partial charge >= 0.3 is 5.97 Å². The molecule has 0 heterocycles. The molecule has 0 saturated carbocycles. The van der Waals surface area contributed by atoms with Crippen LogP contribution in [-0.4, -0.2) is 25.0 Å². The maximum absolute atomic E-state index is 12.4. The van der Waals surface area contributed by atoms with Crippen LogP contribution in [0.1, 0.15) is 34.3 Å². The zero-order valence-corrected chi connectivity index (χ0v) is 14.5. The van der Waals surface area contributed by atoms with E-state index in [4.69, 9.17) is 10.00 Å². The topological polar surface area (TPSA) is 70.4 Å². The van der Waals surface area contributed by atoms with Crippen molar-refractivity contribution in [3.8, 4) is 6.07 Å². The number of carbonyl (C=O) groups is 2. The van der Waals surface area contributed by atoms with E-state index in [2.05, 4.69) is 0 Å². The maximum atomic E-state index is 12.4. The van der Waals surface area contributed by atoms with Crippen LogP contribution in [0.4, 0.5) is 5.69 Å². The average molecular weight is 348 g/mol. The number of fused-ring (bicyclic) bond motifs is 1. The number of anilines is 1. The van der Waals surface area contributed by atoms with Crippen molar-refractivity contribution >= 4 is 17.6 Å². The number of nitriles is 1. The number of aryl methyl sites for hydroxylation is 2. The molecule has 0 spiro atoms. The molecule has 2 aromatic carbocycles. The van der Waals surface area contributed by atoms with Crippen molar-refractivity contribution in [1.82, 2.24) is 0 Å². The van der Waals surface area contributed by atoms with Gasteiger partial charge in [0.2, 0.25) is 0 Å². The average Bonchev–Trinajstić information content (AvgIpc) is 2.70. The Balaban J connectivity index is 1.64. The monoisotopic (exact) mass is 348 g/mol. The van der Waals surface area contributed by atoms with Gasteiger partial charge in [0, 0.05) is 5.69 Å². The highest BCUT2D eigenvalue weighted by atomic mass is 16.5. The quantitative estimate of drug-likeness (QED) is 0.614. The van der Waals surface area contributed by atoms with Crippen LogP contribution in [0.25, 0.3) is 0 Å². The molecular weight excluding hydrogens is 328 g/mol. The molecule has 0 bridgehead atoms. The van der Waals surface area contributed by atoms with Gasteiger partial charge in [-0.15, -0.1) is 0 Å². The summed E-state index contributed by atoms with van der Waals surface area (Å²) < 4.78 is 5.19. The Morgan fingerprint density at radius 2 is 1.77 bits per heavy atom. The lowest BCUT2D eigenvalue weighted by molar-refractivity contribution is -0.121. The van der Waals surface area contributed by atoms with E-state index < -0.39 is 18.5 Å². The lowest BCUT2D eigenvalue weighted by atomic mass is 9.90. The Labute approximate surface area is 152 Å². The largest absolute Gasteiger partial charge is 0.452 e. The summed E-state index contributed by atoms with van der Waals surface area (Å²) >= 11 is 0. The van der Waals surface area contributed by atoms with Gasteiger partial charge in [-0.25, -0.2) is 4.79 Å². The molecule has 1 aliphatic rings. The molecule has 1 aliphatic carbocycles. The normalized spacial score (nSPS) is 12.6. The number of para-hydroxylation sites is 1. The molecule has 132 valence electrons. The number of amides is 1. The van der Waals surface area contributed by atoms with Gasteiger partial charge in [0.25, 0.3) is 5.91 Å². The number of hydrogen-bond donors (Lipinski definition) is 0. The van der Waals surface area contributed by atoms with E-state index in [-0.39, 0.29) is 6.54 Å². The maximum Gasteiger partial charge on any atom is 0.338 e. The third-order valence-corrected chi connectivity index (χ3v) is 4.51. The van der Waals surface area contributed by atoms with Gasteiger partial charge in [-0.05, 0) is 61.1 Å². The second-order valence-corrected chi connectivity index (χ2v) is 6.24.